The van der Waals surface area contributed by atoms with Crippen LogP contribution in [0.4, 0.5) is 0 Å². The van der Waals surface area contributed by atoms with Crippen LogP contribution in [0.2, 0.25) is 0 Å². The van der Waals surface area contributed by atoms with Crippen molar-refractivity contribution in [3.8, 4) is 5.75 Å². The van der Waals surface area contributed by atoms with Crippen LogP contribution in [0.5, 0.6) is 5.75 Å². The molecule has 0 saturated carbocycles. The first-order chi connectivity index (χ1) is 12.1. The molecule has 0 radical (unpaired) electrons. The molecule has 0 aliphatic rings. The largest absolute Gasteiger partial charge is 0.495 e. The van der Waals surface area contributed by atoms with Crippen molar-refractivity contribution in [1.82, 2.24) is 10.0 Å². The first-order valence-corrected chi connectivity index (χ1v) is 9.33. The second kappa shape index (κ2) is 9.51. The SMILES string of the molecule is COCCC(NC(=O)c1ccc(OC)c(S(=O)(=O)NC(C)C)c1)C(=O)O. The number of benzene rings is 1. The van der Waals surface area contributed by atoms with Gasteiger partial charge >= 0.3 is 5.97 Å². The first kappa shape index (κ1) is 21.9. The molecule has 1 rings (SSSR count). The second-order valence-electron chi connectivity index (χ2n) is 5.79. The average Bonchev–Trinajstić information content (AvgIpc) is 2.56. The van der Waals surface area contributed by atoms with E-state index in [9.17, 15) is 18.0 Å². The lowest BCUT2D eigenvalue weighted by molar-refractivity contribution is -0.139. The van der Waals surface area contributed by atoms with Crippen LogP contribution in [-0.2, 0) is 19.6 Å². The summed E-state index contributed by atoms with van der Waals surface area (Å²) in [5.74, 6) is -1.85. The van der Waals surface area contributed by atoms with E-state index in [2.05, 4.69) is 10.0 Å². The Kier molecular flexibility index (Phi) is 8.00. The summed E-state index contributed by atoms with van der Waals surface area (Å²) < 4.78 is 37.2. The van der Waals surface area contributed by atoms with Crippen LogP contribution in [0.25, 0.3) is 0 Å². The number of carboxylic acid groups (broad SMARTS) is 1. The van der Waals surface area contributed by atoms with Crippen molar-refractivity contribution < 1.29 is 32.6 Å². The molecule has 0 aliphatic heterocycles. The number of amides is 1. The van der Waals surface area contributed by atoms with Crippen LogP contribution in [0.15, 0.2) is 23.1 Å². The topological polar surface area (TPSA) is 131 Å². The Morgan fingerprint density at radius 3 is 2.38 bits per heavy atom. The zero-order valence-corrected chi connectivity index (χ0v) is 15.9. The molecule has 1 aromatic rings. The number of carbonyl (C=O) groups excluding carboxylic acids is 1. The summed E-state index contributed by atoms with van der Waals surface area (Å²) in [6.45, 7) is 3.47. The molecule has 0 spiro atoms. The number of methoxy groups -OCH3 is 2. The quantitative estimate of drug-likeness (QED) is 0.535. The molecule has 26 heavy (non-hydrogen) atoms. The van der Waals surface area contributed by atoms with E-state index in [4.69, 9.17) is 14.6 Å². The third kappa shape index (κ3) is 5.97. The summed E-state index contributed by atoms with van der Waals surface area (Å²) in [4.78, 5) is 23.4. The second-order valence-corrected chi connectivity index (χ2v) is 7.47. The molecule has 0 bridgehead atoms. The summed E-state index contributed by atoms with van der Waals surface area (Å²) in [6, 6.07) is 2.34. The summed E-state index contributed by atoms with van der Waals surface area (Å²) >= 11 is 0. The van der Waals surface area contributed by atoms with E-state index in [1.54, 1.807) is 13.8 Å². The van der Waals surface area contributed by atoms with Crippen molar-refractivity contribution in [2.45, 2.75) is 37.2 Å². The van der Waals surface area contributed by atoms with Crippen LogP contribution in [-0.4, -0.2) is 58.3 Å². The van der Waals surface area contributed by atoms with Gasteiger partial charge in [0.1, 0.15) is 16.7 Å². The minimum atomic E-state index is -3.91. The van der Waals surface area contributed by atoms with E-state index < -0.39 is 27.9 Å². The van der Waals surface area contributed by atoms with E-state index in [-0.39, 0.29) is 35.3 Å². The molecule has 0 aromatic heterocycles. The number of carboxylic acids is 1. The van der Waals surface area contributed by atoms with Crippen molar-refractivity contribution >= 4 is 21.9 Å². The number of nitrogens with one attached hydrogen (secondary N) is 2. The van der Waals surface area contributed by atoms with Crippen LogP contribution in [0.1, 0.15) is 30.6 Å². The fraction of sp³-hybridized carbons (Fsp3) is 0.500. The van der Waals surface area contributed by atoms with Crippen LogP contribution >= 0.6 is 0 Å². The molecule has 1 atom stereocenters. The zero-order chi connectivity index (χ0) is 19.9. The Morgan fingerprint density at radius 1 is 1.23 bits per heavy atom. The van der Waals surface area contributed by atoms with E-state index in [0.29, 0.717) is 0 Å². The van der Waals surface area contributed by atoms with Gasteiger partial charge in [-0.1, -0.05) is 0 Å². The van der Waals surface area contributed by atoms with Crippen molar-refractivity contribution in [2.75, 3.05) is 20.8 Å². The van der Waals surface area contributed by atoms with Crippen LogP contribution in [0.3, 0.4) is 0 Å². The summed E-state index contributed by atoms with van der Waals surface area (Å²) in [7, 11) is -1.17. The van der Waals surface area contributed by atoms with Crippen molar-refractivity contribution in [3.05, 3.63) is 23.8 Å². The van der Waals surface area contributed by atoms with Crippen molar-refractivity contribution in [3.63, 3.8) is 0 Å². The van der Waals surface area contributed by atoms with Crippen molar-refractivity contribution in [2.24, 2.45) is 0 Å². The fourth-order valence-corrected chi connectivity index (χ4v) is 3.58. The molecule has 3 N–H and O–H groups in total. The van der Waals surface area contributed by atoms with E-state index in [1.807, 2.05) is 0 Å². The molecule has 146 valence electrons. The molecular weight excluding hydrogens is 364 g/mol. The van der Waals surface area contributed by atoms with Gasteiger partial charge in [-0.15, -0.1) is 0 Å². The summed E-state index contributed by atoms with van der Waals surface area (Å²) in [5.41, 5.74) is -0.00130. The Bertz CT molecular complexity index is 747. The third-order valence-electron chi connectivity index (χ3n) is 3.32. The highest BCUT2D eigenvalue weighted by atomic mass is 32.2. The molecule has 9 nitrogen and oxygen atoms in total. The molecule has 10 heteroatoms. The lowest BCUT2D eigenvalue weighted by atomic mass is 10.1. The van der Waals surface area contributed by atoms with Gasteiger partial charge in [-0.25, -0.2) is 17.9 Å². The number of aliphatic carboxylic acids is 1. The number of hydrogen-bond acceptors (Lipinski definition) is 6. The lowest BCUT2D eigenvalue weighted by Crippen LogP contribution is -2.41. The van der Waals surface area contributed by atoms with Crippen LogP contribution < -0.4 is 14.8 Å². The normalized spacial score (nSPS) is 12.7. The molecule has 1 unspecified atom stereocenters. The van der Waals surface area contributed by atoms with E-state index in [1.165, 1.54) is 26.4 Å². The highest BCUT2D eigenvalue weighted by Gasteiger charge is 2.24. The number of ether oxygens (including phenoxy) is 2. The maximum absolute atomic E-state index is 12.4. The van der Waals surface area contributed by atoms with Gasteiger partial charge in [-0.2, -0.15) is 0 Å². The van der Waals surface area contributed by atoms with Crippen molar-refractivity contribution in [1.29, 1.82) is 0 Å². The first-order valence-electron chi connectivity index (χ1n) is 7.85. The molecule has 1 aromatic carbocycles. The van der Waals surface area contributed by atoms with Gasteiger partial charge in [-0.3, -0.25) is 4.79 Å². The lowest BCUT2D eigenvalue weighted by Gasteiger charge is -2.16. The predicted molar refractivity (Wildman–Crippen MR) is 93.8 cm³/mol. The van der Waals surface area contributed by atoms with Gasteiger partial charge in [0.2, 0.25) is 10.0 Å². The molecule has 0 heterocycles. The minimum absolute atomic E-state index is 0.00130. The van der Waals surface area contributed by atoms with Gasteiger partial charge in [0.25, 0.3) is 5.91 Å². The predicted octanol–water partition coefficient (Wildman–Crippen LogP) is 0.601. The molecule has 0 aliphatic carbocycles. The standard InChI is InChI=1S/C16H24N2O7S/c1-10(2)18-26(22,23)14-9-11(5-6-13(14)25-4)15(19)17-12(16(20)21)7-8-24-3/h5-6,9-10,12,18H,7-8H2,1-4H3,(H,17,19)(H,20,21). The Morgan fingerprint density at radius 2 is 1.88 bits per heavy atom. The highest BCUT2D eigenvalue weighted by Crippen LogP contribution is 2.25. The minimum Gasteiger partial charge on any atom is -0.495 e. The van der Waals surface area contributed by atoms with Gasteiger partial charge in [0.15, 0.2) is 0 Å². The Balaban J connectivity index is 3.16. The number of sulfonamides is 1. The zero-order valence-electron chi connectivity index (χ0n) is 15.1. The molecule has 0 fully saturated rings. The van der Waals surface area contributed by atoms with E-state index >= 15 is 0 Å². The molecule has 1 amide bonds. The van der Waals surface area contributed by atoms with Crippen LogP contribution in [0, 0.1) is 0 Å². The molecule has 0 saturated heterocycles. The third-order valence-corrected chi connectivity index (χ3v) is 5.00. The number of hydrogen-bond donors (Lipinski definition) is 3. The Hall–Kier alpha value is -2.17. The van der Waals surface area contributed by atoms with Gasteiger partial charge in [0, 0.05) is 31.7 Å². The summed E-state index contributed by atoms with van der Waals surface area (Å²) in [5, 5.41) is 11.5. The van der Waals surface area contributed by atoms with Gasteiger partial charge < -0.3 is 19.9 Å². The monoisotopic (exact) mass is 388 g/mol. The molecular formula is C16H24N2O7S. The average molecular weight is 388 g/mol. The Labute approximate surface area is 152 Å². The van der Waals surface area contributed by atoms with Gasteiger partial charge in [-0.05, 0) is 32.0 Å². The summed E-state index contributed by atoms with van der Waals surface area (Å²) in [6.07, 6.45) is 0.0772. The number of carbonyl (C=O) groups is 2. The fourth-order valence-electron chi connectivity index (χ4n) is 2.14. The van der Waals surface area contributed by atoms with Gasteiger partial charge in [0.05, 0.1) is 7.11 Å². The van der Waals surface area contributed by atoms with E-state index in [0.717, 1.165) is 6.07 Å². The smallest absolute Gasteiger partial charge is 0.326 e. The maximum atomic E-state index is 12.4. The maximum Gasteiger partial charge on any atom is 0.326 e. The highest BCUT2D eigenvalue weighted by molar-refractivity contribution is 7.89. The number of rotatable bonds is 10.